The number of anilines is 1. The van der Waals surface area contributed by atoms with Gasteiger partial charge < -0.3 is 19.6 Å². The molecule has 12 heteroatoms. The van der Waals surface area contributed by atoms with E-state index >= 15 is 0 Å². The second-order valence-corrected chi connectivity index (χ2v) is 9.31. The van der Waals surface area contributed by atoms with Crippen molar-refractivity contribution in [1.29, 1.82) is 0 Å². The van der Waals surface area contributed by atoms with E-state index in [-0.39, 0.29) is 24.6 Å². The van der Waals surface area contributed by atoms with Gasteiger partial charge >= 0.3 is 7.60 Å². The number of ether oxygens (including phenoxy) is 1. The van der Waals surface area contributed by atoms with Gasteiger partial charge in [-0.2, -0.15) is 0 Å². The summed E-state index contributed by atoms with van der Waals surface area (Å²) in [5, 5.41) is 0.373. The van der Waals surface area contributed by atoms with Crippen LogP contribution in [0.25, 0.3) is 11.2 Å². The number of nitrogens with two attached hydrogens (primary N) is 1. The van der Waals surface area contributed by atoms with Crippen molar-refractivity contribution in [2.24, 2.45) is 0 Å². The Kier molecular flexibility index (Phi) is 6.04. The zero-order valence-corrected chi connectivity index (χ0v) is 17.7. The van der Waals surface area contributed by atoms with Crippen LogP contribution in [0.3, 0.4) is 0 Å². The fraction of sp³-hybridized carbons (Fsp3) is 0.389. The fourth-order valence-electron chi connectivity index (χ4n) is 3.20. The molecule has 4 rings (SSSR count). The summed E-state index contributed by atoms with van der Waals surface area (Å²) in [6.45, 7) is 2.36. The molecule has 0 radical (unpaired) electrons. The summed E-state index contributed by atoms with van der Waals surface area (Å²) in [6.07, 6.45) is 1.95. The summed E-state index contributed by atoms with van der Waals surface area (Å²) in [6, 6.07) is 4.17. The third-order valence-corrected chi connectivity index (χ3v) is 6.51. The van der Waals surface area contributed by atoms with Crippen molar-refractivity contribution in [3.63, 3.8) is 0 Å². The molecule has 1 aromatic carbocycles. The Morgan fingerprint density at radius 1 is 1.43 bits per heavy atom. The molecule has 0 amide bonds. The number of imidazole rings is 1. The predicted molar refractivity (Wildman–Crippen MR) is 109 cm³/mol. The van der Waals surface area contributed by atoms with E-state index in [0.29, 0.717) is 35.0 Å². The van der Waals surface area contributed by atoms with Gasteiger partial charge in [0.05, 0.1) is 31.7 Å². The molecular weight excluding hydrogens is 436 g/mol. The lowest BCUT2D eigenvalue weighted by molar-refractivity contribution is 0.0331. The van der Waals surface area contributed by atoms with Crippen LogP contribution in [0, 0.1) is 5.82 Å². The van der Waals surface area contributed by atoms with E-state index in [1.165, 1.54) is 24.5 Å². The average Bonchev–Trinajstić information content (AvgIpc) is 3.12. The molecule has 0 saturated carbocycles. The first kappa shape index (κ1) is 21.1. The minimum Gasteiger partial charge on any atom is -0.382 e. The largest absolute Gasteiger partial charge is 0.382 e. The van der Waals surface area contributed by atoms with E-state index in [1.807, 2.05) is 0 Å². The van der Waals surface area contributed by atoms with E-state index in [2.05, 4.69) is 15.0 Å². The summed E-state index contributed by atoms with van der Waals surface area (Å²) < 4.78 is 45.6. The van der Waals surface area contributed by atoms with Crippen LogP contribution in [0.2, 0.25) is 5.02 Å². The number of hydrogen-bond acceptors (Lipinski definition) is 8. The number of fused-ring (bicyclic) bond motifs is 1. The summed E-state index contributed by atoms with van der Waals surface area (Å²) in [5.74, 6) is -0.180. The molecule has 1 saturated heterocycles. The predicted octanol–water partition coefficient (Wildman–Crippen LogP) is 3.93. The Balaban J connectivity index is 1.40. The summed E-state index contributed by atoms with van der Waals surface area (Å²) >= 11 is 5.96. The topological polar surface area (TPSA) is 114 Å². The monoisotopic (exact) mass is 455 g/mol. The highest BCUT2D eigenvalue weighted by atomic mass is 35.5. The number of benzene rings is 1. The maximum Gasteiger partial charge on any atom is 0.356 e. The smallest absolute Gasteiger partial charge is 0.356 e. The van der Waals surface area contributed by atoms with Crippen LogP contribution in [-0.2, 0) is 24.9 Å². The third-order valence-electron chi connectivity index (χ3n) is 4.66. The number of hydrogen-bond donors (Lipinski definition) is 1. The first-order chi connectivity index (χ1) is 14.3. The highest BCUT2D eigenvalue weighted by Crippen LogP contribution is 2.56. The standard InChI is InChI=1S/C18H20ClFN5O4P/c1-11(7-25-9-24-16-17(21)22-8-23-18(16)25)27-10-30(26)28-5-4-15(29-30)13-6-12(19)2-3-14(13)20/h2-3,6,8-9,11,15H,4-5,7,10H2,1H3,(H2,21,22,23)/t11-,15+,30+/m1/s1. The molecule has 3 atom stereocenters. The molecule has 30 heavy (non-hydrogen) atoms. The first-order valence-corrected chi connectivity index (χ1v) is 11.3. The van der Waals surface area contributed by atoms with Crippen LogP contribution in [0.5, 0.6) is 0 Å². The lowest BCUT2D eigenvalue weighted by atomic mass is 10.1. The molecule has 1 fully saturated rings. The Bertz CT molecular complexity index is 1110. The van der Waals surface area contributed by atoms with Crippen LogP contribution >= 0.6 is 19.2 Å². The van der Waals surface area contributed by atoms with Gasteiger partial charge in [0.15, 0.2) is 11.5 Å². The van der Waals surface area contributed by atoms with Crippen LogP contribution in [0.15, 0.2) is 30.9 Å². The van der Waals surface area contributed by atoms with E-state index in [0.717, 1.165) is 0 Å². The van der Waals surface area contributed by atoms with Gasteiger partial charge in [0, 0.05) is 17.0 Å². The van der Waals surface area contributed by atoms with E-state index < -0.39 is 19.5 Å². The average molecular weight is 456 g/mol. The van der Waals surface area contributed by atoms with Crippen molar-refractivity contribution in [3.8, 4) is 0 Å². The Labute approximate surface area is 176 Å². The van der Waals surface area contributed by atoms with Crippen molar-refractivity contribution in [3.05, 3.63) is 47.3 Å². The lowest BCUT2D eigenvalue weighted by Gasteiger charge is -2.30. The molecule has 3 heterocycles. The second kappa shape index (κ2) is 8.56. The molecule has 2 aromatic heterocycles. The summed E-state index contributed by atoms with van der Waals surface area (Å²) in [4.78, 5) is 12.3. The van der Waals surface area contributed by atoms with Crippen molar-refractivity contribution in [1.82, 2.24) is 19.5 Å². The van der Waals surface area contributed by atoms with Crippen molar-refractivity contribution < 1.29 is 22.7 Å². The molecular formula is C18H20ClFN5O4P. The van der Waals surface area contributed by atoms with Gasteiger partial charge in [-0.05, 0) is 25.1 Å². The number of aromatic nitrogens is 4. The van der Waals surface area contributed by atoms with Gasteiger partial charge in [-0.3, -0.25) is 9.09 Å². The number of nitrogen functional groups attached to an aromatic ring is 1. The number of nitrogens with zero attached hydrogens (tertiary/aromatic N) is 4. The molecule has 0 aliphatic carbocycles. The van der Waals surface area contributed by atoms with Crippen LogP contribution in [0.4, 0.5) is 10.2 Å². The van der Waals surface area contributed by atoms with Crippen molar-refractivity contribution >= 4 is 36.2 Å². The Morgan fingerprint density at radius 3 is 3.10 bits per heavy atom. The maximum atomic E-state index is 14.2. The Hall–Kier alpha value is -2.10. The van der Waals surface area contributed by atoms with E-state index in [9.17, 15) is 8.96 Å². The second-order valence-electron chi connectivity index (χ2n) is 6.93. The fourth-order valence-corrected chi connectivity index (χ4v) is 5.00. The summed E-state index contributed by atoms with van der Waals surface area (Å²) in [7, 11) is -3.57. The van der Waals surface area contributed by atoms with Gasteiger partial charge in [-0.25, -0.2) is 19.3 Å². The molecule has 160 valence electrons. The summed E-state index contributed by atoms with van der Waals surface area (Å²) in [5.41, 5.74) is 7.12. The molecule has 1 aliphatic heterocycles. The molecule has 0 bridgehead atoms. The molecule has 0 unspecified atom stereocenters. The lowest BCUT2D eigenvalue weighted by Crippen LogP contribution is -2.21. The Morgan fingerprint density at radius 2 is 2.27 bits per heavy atom. The van der Waals surface area contributed by atoms with Crippen LogP contribution < -0.4 is 5.73 Å². The minimum atomic E-state index is -3.57. The number of halogens is 2. The van der Waals surface area contributed by atoms with Gasteiger partial charge in [0.1, 0.15) is 24.0 Å². The molecule has 2 N–H and O–H groups in total. The highest BCUT2D eigenvalue weighted by Gasteiger charge is 2.36. The maximum absolute atomic E-state index is 14.2. The molecule has 9 nitrogen and oxygen atoms in total. The molecule has 3 aromatic rings. The van der Waals surface area contributed by atoms with Crippen LogP contribution in [-0.4, -0.2) is 38.6 Å². The zero-order valence-electron chi connectivity index (χ0n) is 16.1. The van der Waals surface area contributed by atoms with Gasteiger partial charge in [-0.15, -0.1) is 0 Å². The van der Waals surface area contributed by atoms with Crippen LogP contribution in [0.1, 0.15) is 25.0 Å². The van der Waals surface area contributed by atoms with Gasteiger partial charge in [-0.1, -0.05) is 11.6 Å². The minimum absolute atomic E-state index is 0.161. The third kappa shape index (κ3) is 4.48. The quantitative estimate of drug-likeness (QED) is 0.556. The van der Waals surface area contributed by atoms with E-state index in [1.54, 1.807) is 17.8 Å². The van der Waals surface area contributed by atoms with Gasteiger partial charge in [0.25, 0.3) is 0 Å². The molecule has 0 spiro atoms. The number of rotatable bonds is 6. The van der Waals surface area contributed by atoms with Gasteiger partial charge in [0.2, 0.25) is 0 Å². The van der Waals surface area contributed by atoms with Crippen molar-refractivity contribution in [2.45, 2.75) is 32.1 Å². The first-order valence-electron chi connectivity index (χ1n) is 9.24. The van der Waals surface area contributed by atoms with E-state index in [4.69, 9.17) is 31.1 Å². The normalized spacial score (nSPS) is 23.0. The molecule has 1 aliphatic rings. The SMILES string of the molecule is C[C@H](Cn1cnc2c(N)ncnc21)OC[P@]1(=O)OCC[C@@H](c2cc(Cl)ccc2F)O1. The van der Waals surface area contributed by atoms with Crippen molar-refractivity contribution in [2.75, 3.05) is 18.7 Å². The zero-order chi connectivity index (χ0) is 21.3. The highest BCUT2D eigenvalue weighted by molar-refractivity contribution is 7.53.